The van der Waals surface area contributed by atoms with Gasteiger partial charge in [0.1, 0.15) is 16.5 Å². The van der Waals surface area contributed by atoms with Crippen LogP contribution in [0, 0.1) is 11.6 Å². The van der Waals surface area contributed by atoms with E-state index in [2.05, 4.69) is 0 Å². The Bertz CT molecular complexity index is 786. The second kappa shape index (κ2) is 4.59. The molecule has 0 bridgehead atoms. The van der Waals surface area contributed by atoms with Crippen molar-refractivity contribution in [1.82, 2.24) is 4.57 Å². The summed E-state index contributed by atoms with van der Waals surface area (Å²) < 4.78 is 28.9. The van der Waals surface area contributed by atoms with Crippen LogP contribution in [0.15, 0.2) is 46.7 Å². The van der Waals surface area contributed by atoms with Crippen molar-refractivity contribution in [2.45, 2.75) is 6.54 Å². The second-order valence-electron chi connectivity index (χ2n) is 4.15. The van der Waals surface area contributed by atoms with Crippen LogP contribution in [0.25, 0.3) is 10.2 Å². The minimum Gasteiger partial charge on any atom is -0.334 e. The van der Waals surface area contributed by atoms with E-state index in [-0.39, 0.29) is 17.5 Å². The molecule has 0 N–H and O–H groups in total. The quantitative estimate of drug-likeness (QED) is 0.703. The fraction of sp³-hybridized carbons (Fsp3) is 0.0714. The van der Waals surface area contributed by atoms with E-state index < -0.39 is 11.6 Å². The first-order valence-corrected chi connectivity index (χ1v) is 6.54. The smallest absolute Gasteiger partial charge is 0.190 e. The molecule has 0 saturated carbocycles. The van der Waals surface area contributed by atoms with Crippen LogP contribution in [0.3, 0.4) is 0 Å². The zero-order valence-electron chi connectivity index (χ0n) is 9.77. The van der Waals surface area contributed by atoms with Crippen molar-refractivity contribution in [1.29, 1.82) is 0 Å². The summed E-state index contributed by atoms with van der Waals surface area (Å²) in [7, 11) is 0. The monoisotopic (exact) mass is 277 g/mol. The molecule has 5 heteroatoms. The average Bonchev–Trinajstić information content (AvgIpc) is 2.87. The predicted octanol–water partition coefficient (Wildman–Crippen LogP) is 3.39. The Balaban J connectivity index is 2.14. The van der Waals surface area contributed by atoms with Crippen LogP contribution in [0.5, 0.6) is 0 Å². The van der Waals surface area contributed by atoms with Gasteiger partial charge in [0.25, 0.3) is 0 Å². The van der Waals surface area contributed by atoms with E-state index in [0.29, 0.717) is 5.39 Å². The van der Waals surface area contributed by atoms with E-state index in [1.807, 2.05) is 0 Å². The van der Waals surface area contributed by atoms with Gasteiger partial charge in [0.2, 0.25) is 0 Å². The first-order valence-electron chi connectivity index (χ1n) is 5.66. The molecule has 0 fully saturated rings. The van der Waals surface area contributed by atoms with Crippen LogP contribution < -0.4 is 5.43 Å². The molecule has 96 valence electrons. The molecule has 0 radical (unpaired) electrons. The molecule has 2 nitrogen and oxygen atoms in total. The minimum atomic E-state index is -0.580. The van der Waals surface area contributed by atoms with Crippen LogP contribution >= 0.6 is 11.3 Å². The van der Waals surface area contributed by atoms with Crippen molar-refractivity contribution in [2.24, 2.45) is 0 Å². The molecule has 0 saturated heterocycles. The molecule has 0 amide bonds. The zero-order chi connectivity index (χ0) is 13.4. The number of pyridine rings is 1. The molecule has 2 heterocycles. The van der Waals surface area contributed by atoms with Crippen molar-refractivity contribution in [3.8, 4) is 0 Å². The van der Waals surface area contributed by atoms with Gasteiger partial charge in [-0.1, -0.05) is 6.07 Å². The molecular formula is C14H9F2NOS. The highest BCUT2D eigenvalue weighted by atomic mass is 32.1. The van der Waals surface area contributed by atoms with E-state index in [0.717, 1.165) is 4.83 Å². The maximum Gasteiger partial charge on any atom is 0.190 e. The summed E-state index contributed by atoms with van der Waals surface area (Å²) in [6.45, 7) is 0.0653. The van der Waals surface area contributed by atoms with Gasteiger partial charge in [0.15, 0.2) is 5.43 Å². The molecular weight excluding hydrogens is 268 g/mol. The number of benzene rings is 1. The molecule has 3 rings (SSSR count). The number of rotatable bonds is 2. The molecule has 0 unspecified atom stereocenters. The molecule has 0 spiro atoms. The number of hydrogen-bond donors (Lipinski definition) is 0. The summed E-state index contributed by atoms with van der Waals surface area (Å²) in [5.74, 6) is -1.16. The van der Waals surface area contributed by atoms with Gasteiger partial charge in [-0.2, -0.15) is 0 Å². The number of thiophene rings is 1. The first kappa shape index (κ1) is 12.0. The highest BCUT2D eigenvalue weighted by Crippen LogP contribution is 2.20. The maximum atomic E-state index is 13.6. The lowest BCUT2D eigenvalue weighted by atomic mass is 10.2. The second-order valence-corrected chi connectivity index (χ2v) is 5.04. The summed E-state index contributed by atoms with van der Waals surface area (Å²) in [6.07, 6.45) is 1.56. The molecule has 1 aromatic carbocycles. The molecule has 19 heavy (non-hydrogen) atoms. The van der Waals surface area contributed by atoms with Gasteiger partial charge >= 0.3 is 0 Å². The van der Waals surface area contributed by atoms with Crippen molar-refractivity contribution >= 4 is 21.6 Å². The van der Waals surface area contributed by atoms with E-state index >= 15 is 0 Å². The Hall–Kier alpha value is -2.01. The minimum absolute atomic E-state index is 0.000786. The van der Waals surface area contributed by atoms with Crippen LogP contribution in [0.1, 0.15) is 5.56 Å². The number of halogens is 2. The highest BCUT2D eigenvalue weighted by Gasteiger charge is 2.11. The van der Waals surface area contributed by atoms with Crippen molar-refractivity contribution in [3.63, 3.8) is 0 Å². The number of hydrogen-bond acceptors (Lipinski definition) is 2. The average molecular weight is 277 g/mol. The lowest BCUT2D eigenvalue weighted by Gasteiger charge is -2.09. The summed E-state index contributed by atoms with van der Waals surface area (Å²) in [5.41, 5.74) is -0.0812. The van der Waals surface area contributed by atoms with Crippen LogP contribution in [0.2, 0.25) is 0 Å². The van der Waals surface area contributed by atoms with Crippen molar-refractivity contribution in [3.05, 3.63) is 69.3 Å². The number of aromatic nitrogens is 1. The van der Waals surface area contributed by atoms with Crippen molar-refractivity contribution < 1.29 is 8.78 Å². The molecule has 2 aromatic heterocycles. The number of nitrogens with zero attached hydrogens (tertiary/aromatic N) is 1. The lowest BCUT2D eigenvalue weighted by molar-refractivity contribution is 0.547. The lowest BCUT2D eigenvalue weighted by Crippen LogP contribution is -2.09. The molecule has 0 aliphatic carbocycles. The van der Waals surface area contributed by atoms with Crippen LogP contribution in [-0.2, 0) is 6.54 Å². The molecule has 0 aliphatic rings. The third kappa shape index (κ3) is 2.06. The van der Waals surface area contributed by atoms with Gasteiger partial charge in [0.05, 0.1) is 11.9 Å². The Morgan fingerprint density at radius 2 is 1.84 bits per heavy atom. The fourth-order valence-electron chi connectivity index (χ4n) is 2.00. The van der Waals surface area contributed by atoms with E-state index in [4.69, 9.17) is 0 Å². The highest BCUT2D eigenvalue weighted by molar-refractivity contribution is 7.16. The van der Waals surface area contributed by atoms with Gasteiger partial charge in [-0.15, -0.1) is 11.3 Å². The first-order chi connectivity index (χ1) is 9.16. The van der Waals surface area contributed by atoms with E-state index in [1.54, 1.807) is 22.2 Å². The van der Waals surface area contributed by atoms with Gasteiger partial charge in [-0.05, 0) is 23.6 Å². The van der Waals surface area contributed by atoms with E-state index in [1.165, 1.54) is 35.6 Å². The standard InChI is InChI=1S/C14H9F2NOS/c15-11-2-1-3-12(16)10(11)8-17-6-4-13(18)9-5-7-19-14(9)17/h1-7H,8H2. The topological polar surface area (TPSA) is 22.0 Å². The summed E-state index contributed by atoms with van der Waals surface area (Å²) in [6, 6.07) is 6.92. The third-order valence-corrected chi connectivity index (χ3v) is 3.92. The van der Waals surface area contributed by atoms with Crippen LogP contribution in [0.4, 0.5) is 8.78 Å². The normalized spacial score (nSPS) is 11.1. The molecule has 3 aromatic rings. The van der Waals surface area contributed by atoms with Gasteiger partial charge in [-0.25, -0.2) is 8.78 Å². The molecule has 0 aliphatic heterocycles. The summed E-state index contributed by atoms with van der Waals surface area (Å²) in [5, 5.41) is 2.37. The maximum absolute atomic E-state index is 13.6. The van der Waals surface area contributed by atoms with Gasteiger partial charge < -0.3 is 4.57 Å². The Morgan fingerprint density at radius 1 is 1.11 bits per heavy atom. The summed E-state index contributed by atoms with van der Waals surface area (Å²) in [4.78, 5) is 12.3. The SMILES string of the molecule is O=c1ccn(Cc2c(F)cccc2F)c2sccc12. The third-order valence-electron chi connectivity index (χ3n) is 2.97. The largest absolute Gasteiger partial charge is 0.334 e. The van der Waals surface area contributed by atoms with Gasteiger partial charge in [-0.3, -0.25) is 4.79 Å². The van der Waals surface area contributed by atoms with Crippen LogP contribution in [-0.4, -0.2) is 4.57 Å². The summed E-state index contributed by atoms with van der Waals surface area (Å²) >= 11 is 1.38. The fourth-order valence-corrected chi connectivity index (χ4v) is 2.89. The zero-order valence-corrected chi connectivity index (χ0v) is 10.6. The predicted molar refractivity (Wildman–Crippen MR) is 71.5 cm³/mol. The number of fused-ring (bicyclic) bond motifs is 1. The Morgan fingerprint density at radius 3 is 2.58 bits per heavy atom. The Labute approximate surface area is 111 Å². The van der Waals surface area contributed by atoms with Crippen molar-refractivity contribution in [2.75, 3.05) is 0 Å². The van der Waals surface area contributed by atoms with E-state index in [9.17, 15) is 13.6 Å². The Kier molecular flexibility index (Phi) is 2.91. The van der Waals surface area contributed by atoms with Gasteiger partial charge in [0, 0.05) is 17.8 Å². The molecule has 0 atom stereocenters.